The molecule has 0 heterocycles. The van der Waals surface area contributed by atoms with Gasteiger partial charge in [-0.3, -0.25) is 0 Å². The number of rotatable bonds is 5. The van der Waals surface area contributed by atoms with Crippen LogP contribution in [0, 0.1) is 5.82 Å². The van der Waals surface area contributed by atoms with Gasteiger partial charge in [-0.25, -0.2) is 4.39 Å². The van der Waals surface area contributed by atoms with E-state index < -0.39 is 0 Å². The summed E-state index contributed by atoms with van der Waals surface area (Å²) in [6.07, 6.45) is 0. The Balaban J connectivity index is 2.27. The molecule has 0 unspecified atom stereocenters. The van der Waals surface area contributed by atoms with Crippen molar-refractivity contribution in [3.05, 3.63) is 58.9 Å². The molecule has 0 aliphatic heterocycles. The third-order valence-corrected chi connectivity index (χ3v) is 2.93. The largest absolute Gasteiger partial charge is 0.455 e. The molecule has 0 aromatic heterocycles. The molecule has 0 spiro atoms. The Morgan fingerprint density at radius 3 is 2.74 bits per heavy atom. The molecule has 0 bridgehead atoms. The van der Waals surface area contributed by atoms with E-state index in [2.05, 4.69) is 5.32 Å². The first-order valence-corrected chi connectivity index (χ1v) is 6.50. The van der Waals surface area contributed by atoms with Crippen LogP contribution in [0.15, 0.2) is 42.5 Å². The van der Waals surface area contributed by atoms with E-state index in [4.69, 9.17) is 16.3 Å². The molecule has 19 heavy (non-hydrogen) atoms. The zero-order valence-electron chi connectivity index (χ0n) is 10.6. The molecule has 0 saturated heterocycles. The van der Waals surface area contributed by atoms with E-state index in [-0.39, 0.29) is 5.82 Å². The smallest absolute Gasteiger partial charge is 0.150 e. The third kappa shape index (κ3) is 3.69. The van der Waals surface area contributed by atoms with Crippen molar-refractivity contribution >= 4 is 11.6 Å². The zero-order chi connectivity index (χ0) is 13.7. The molecule has 4 heteroatoms. The molecule has 100 valence electrons. The maximum Gasteiger partial charge on any atom is 0.150 e. The summed E-state index contributed by atoms with van der Waals surface area (Å²) in [5.74, 6) is 0.666. The maximum atomic E-state index is 13.1. The van der Waals surface area contributed by atoms with Gasteiger partial charge in [-0.15, -0.1) is 0 Å². The molecule has 2 nitrogen and oxygen atoms in total. The molecular weight excluding hydrogens is 265 g/mol. The lowest BCUT2D eigenvalue weighted by molar-refractivity contribution is 0.468. The van der Waals surface area contributed by atoms with E-state index in [1.165, 1.54) is 12.1 Å². The fourth-order valence-electron chi connectivity index (χ4n) is 1.72. The first kappa shape index (κ1) is 13.8. The Kier molecular flexibility index (Phi) is 4.77. The van der Waals surface area contributed by atoms with Crippen LogP contribution in [0.1, 0.15) is 12.5 Å². The summed E-state index contributed by atoms with van der Waals surface area (Å²) in [5, 5.41) is 3.73. The van der Waals surface area contributed by atoms with Crippen LogP contribution >= 0.6 is 11.6 Å². The Bertz CT molecular complexity index is 560. The van der Waals surface area contributed by atoms with Crippen molar-refractivity contribution in [2.45, 2.75) is 13.5 Å². The lowest BCUT2D eigenvalue weighted by Crippen LogP contribution is -2.12. The molecule has 2 rings (SSSR count). The summed E-state index contributed by atoms with van der Waals surface area (Å²) in [4.78, 5) is 0. The van der Waals surface area contributed by atoms with Crippen molar-refractivity contribution in [2.24, 2.45) is 0 Å². The van der Waals surface area contributed by atoms with Gasteiger partial charge in [0.2, 0.25) is 0 Å². The van der Waals surface area contributed by atoms with Gasteiger partial charge in [0.1, 0.15) is 17.3 Å². The fourth-order valence-corrected chi connectivity index (χ4v) is 1.95. The number of hydrogen-bond donors (Lipinski definition) is 1. The number of ether oxygens (including phenoxy) is 1. The minimum atomic E-state index is -0.335. The fraction of sp³-hybridized carbons (Fsp3) is 0.200. The van der Waals surface area contributed by atoms with Crippen LogP contribution < -0.4 is 10.1 Å². The summed E-state index contributed by atoms with van der Waals surface area (Å²) >= 11 is 6.15. The second kappa shape index (κ2) is 6.55. The lowest BCUT2D eigenvalue weighted by Gasteiger charge is -2.13. The number of nitrogens with one attached hydrogen (secondary N) is 1. The average molecular weight is 280 g/mol. The third-order valence-electron chi connectivity index (χ3n) is 2.63. The van der Waals surface area contributed by atoms with E-state index in [0.717, 1.165) is 12.1 Å². The van der Waals surface area contributed by atoms with Crippen molar-refractivity contribution in [1.29, 1.82) is 0 Å². The van der Waals surface area contributed by atoms with Crippen LogP contribution in [0.25, 0.3) is 0 Å². The highest BCUT2D eigenvalue weighted by atomic mass is 35.5. The highest BCUT2D eigenvalue weighted by Crippen LogP contribution is 2.33. The van der Waals surface area contributed by atoms with Crippen LogP contribution in [0.2, 0.25) is 5.02 Å². The van der Waals surface area contributed by atoms with Gasteiger partial charge in [0, 0.05) is 18.2 Å². The van der Waals surface area contributed by atoms with Gasteiger partial charge >= 0.3 is 0 Å². The van der Waals surface area contributed by atoms with Gasteiger partial charge in [0.25, 0.3) is 0 Å². The summed E-state index contributed by atoms with van der Waals surface area (Å²) in [7, 11) is 0. The molecule has 0 saturated carbocycles. The Hall–Kier alpha value is -1.58. The minimum Gasteiger partial charge on any atom is -0.455 e. The molecule has 0 amide bonds. The number of hydrogen-bond acceptors (Lipinski definition) is 2. The van der Waals surface area contributed by atoms with E-state index in [0.29, 0.717) is 23.1 Å². The van der Waals surface area contributed by atoms with Crippen molar-refractivity contribution < 1.29 is 9.13 Å². The highest BCUT2D eigenvalue weighted by molar-refractivity contribution is 6.32. The van der Waals surface area contributed by atoms with Crippen LogP contribution in [0.4, 0.5) is 4.39 Å². The highest BCUT2D eigenvalue weighted by Gasteiger charge is 2.09. The maximum absolute atomic E-state index is 13.1. The Morgan fingerprint density at radius 2 is 2.00 bits per heavy atom. The van der Waals surface area contributed by atoms with Gasteiger partial charge in [-0.05, 0) is 24.7 Å². The quantitative estimate of drug-likeness (QED) is 0.877. The normalized spacial score (nSPS) is 10.5. The number of halogens is 2. The van der Waals surface area contributed by atoms with E-state index >= 15 is 0 Å². The molecule has 0 fully saturated rings. The predicted molar refractivity (Wildman–Crippen MR) is 75.3 cm³/mol. The second-order valence-corrected chi connectivity index (χ2v) is 4.48. The zero-order valence-corrected chi connectivity index (χ0v) is 11.4. The van der Waals surface area contributed by atoms with Crippen LogP contribution in [-0.4, -0.2) is 6.54 Å². The predicted octanol–water partition coefficient (Wildman–Crippen LogP) is 4.38. The van der Waals surface area contributed by atoms with Crippen LogP contribution in [0.3, 0.4) is 0 Å². The minimum absolute atomic E-state index is 0.335. The molecule has 0 aliphatic rings. The Morgan fingerprint density at radius 1 is 1.21 bits per heavy atom. The van der Waals surface area contributed by atoms with Gasteiger partial charge in [-0.2, -0.15) is 0 Å². The molecule has 2 aromatic carbocycles. The second-order valence-electron chi connectivity index (χ2n) is 4.07. The van der Waals surface area contributed by atoms with Crippen molar-refractivity contribution in [3.8, 4) is 11.5 Å². The molecule has 2 aromatic rings. The lowest BCUT2D eigenvalue weighted by atomic mass is 10.2. The summed E-state index contributed by atoms with van der Waals surface area (Å²) < 4.78 is 18.9. The van der Waals surface area contributed by atoms with Gasteiger partial charge in [0.15, 0.2) is 0 Å². The van der Waals surface area contributed by atoms with Gasteiger partial charge in [0.05, 0.1) is 5.02 Å². The molecule has 0 radical (unpaired) electrons. The molecule has 1 N–H and O–H groups in total. The molecule has 0 atom stereocenters. The van der Waals surface area contributed by atoms with Crippen molar-refractivity contribution in [3.63, 3.8) is 0 Å². The Labute approximate surface area is 117 Å². The summed E-state index contributed by atoms with van der Waals surface area (Å²) in [5.41, 5.74) is 0.943. The average Bonchev–Trinajstić information content (AvgIpc) is 2.39. The monoisotopic (exact) mass is 279 g/mol. The molecular formula is C15H15ClFNO. The first-order valence-electron chi connectivity index (χ1n) is 6.12. The summed E-state index contributed by atoms with van der Waals surface area (Å²) in [6, 6.07) is 11.6. The number of benzene rings is 2. The SMILES string of the molecule is CCNCc1cccc(Cl)c1Oc1cccc(F)c1. The van der Waals surface area contributed by atoms with E-state index in [1.807, 2.05) is 19.1 Å². The molecule has 0 aliphatic carbocycles. The van der Waals surface area contributed by atoms with Crippen LogP contribution in [-0.2, 0) is 6.54 Å². The van der Waals surface area contributed by atoms with Gasteiger partial charge < -0.3 is 10.1 Å². The first-order chi connectivity index (χ1) is 9.20. The van der Waals surface area contributed by atoms with Crippen molar-refractivity contribution in [2.75, 3.05) is 6.54 Å². The van der Waals surface area contributed by atoms with Gasteiger partial charge in [-0.1, -0.05) is 36.7 Å². The van der Waals surface area contributed by atoms with E-state index in [9.17, 15) is 4.39 Å². The van der Waals surface area contributed by atoms with Crippen LogP contribution in [0.5, 0.6) is 11.5 Å². The number of para-hydroxylation sites is 1. The standard InChI is InChI=1S/C15H15ClFNO/c1-2-18-10-11-5-3-8-14(16)15(11)19-13-7-4-6-12(17)9-13/h3-9,18H,2,10H2,1H3. The summed E-state index contributed by atoms with van der Waals surface area (Å²) in [6.45, 7) is 3.53. The van der Waals surface area contributed by atoms with Crippen molar-refractivity contribution in [1.82, 2.24) is 5.32 Å². The van der Waals surface area contributed by atoms with E-state index in [1.54, 1.807) is 18.2 Å². The topological polar surface area (TPSA) is 21.3 Å².